The summed E-state index contributed by atoms with van der Waals surface area (Å²) in [4.78, 5) is 79.9. The predicted molar refractivity (Wildman–Crippen MR) is 324 cm³/mol. The van der Waals surface area contributed by atoms with Crippen molar-refractivity contribution in [2.75, 3.05) is 53.6 Å². The van der Waals surface area contributed by atoms with Gasteiger partial charge in [-0.25, -0.2) is 19.6 Å². The lowest BCUT2D eigenvalue weighted by atomic mass is 9.91. The number of aromatic nitrogens is 6. The fraction of sp³-hybridized carbons (Fsp3) is 0.419. The van der Waals surface area contributed by atoms with E-state index in [9.17, 15) is 24.3 Å². The van der Waals surface area contributed by atoms with E-state index in [2.05, 4.69) is 14.8 Å². The van der Waals surface area contributed by atoms with Crippen LogP contribution < -0.4 is 20.6 Å². The molecule has 2 aromatic carbocycles. The van der Waals surface area contributed by atoms with E-state index in [1.807, 2.05) is 38.1 Å². The van der Waals surface area contributed by atoms with Crippen LogP contribution in [-0.2, 0) is 59.6 Å². The van der Waals surface area contributed by atoms with Crippen molar-refractivity contribution in [3.8, 4) is 33.8 Å². The van der Waals surface area contributed by atoms with Crippen LogP contribution in [0.1, 0.15) is 92.0 Å². The minimum Gasteiger partial charge on any atom is -0.491 e. The first-order valence-electron chi connectivity index (χ1n) is 28.4. The molecule has 22 heteroatoms. The molecule has 0 amide bonds. The summed E-state index contributed by atoms with van der Waals surface area (Å²) < 4.78 is 35.1. The Morgan fingerprint density at radius 1 is 0.643 bits per heavy atom. The Labute approximate surface area is 502 Å². The summed E-state index contributed by atoms with van der Waals surface area (Å²) in [6, 6.07) is 14.9. The summed E-state index contributed by atoms with van der Waals surface area (Å²) in [6.45, 7) is 9.28. The number of pyridine rings is 2. The lowest BCUT2D eigenvalue weighted by molar-refractivity contribution is 0.0456. The smallest absolute Gasteiger partial charge is 0.341 e. The number of hydrogen-bond donors (Lipinski definition) is 1. The van der Waals surface area contributed by atoms with Crippen LogP contribution in [0.25, 0.3) is 42.7 Å². The first-order valence-corrected chi connectivity index (χ1v) is 30.9. The molecule has 8 aromatic rings. The van der Waals surface area contributed by atoms with Crippen molar-refractivity contribution in [3.05, 3.63) is 147 Å². The highest BCUT2D eigenvalue weighted by molar-refractivity contribution is 7.18. The third-order valence-electron chi connectivity index (χ3n) is 17.0. The van der Waals surface area contributed by atoms with Crippen molar-refractivity contribution in [2.24, 2.45) is 0 Å². The van der Waals surface area contributed by atoms with Crippen LogP contribution in [0.15, 0.2) is 68.9 Å². The Morgan fingerprint density at radius 3 is 1.67 bits per heavy atom. The number of likely N-dealkylation sites (tertiary alicyclic amines) is 2. The van der Waals surface area contributed by atoms with Crippen molar-refractivity contribution in [1.29, 1.82) is 0 Å². The van der Waals surface area contributed by atoms with E-state index in [1.165, 1.54) is 22.7 Å². The molecule has 2 saturated heterocycles. The lowest BCUT2D eigenvalue weighted by Gasteiger charge is -2.32. The number of carbonyl (C=O) groups is 2. The highest BCUT2D eigenvalue weighted by Crippen LogP contribution is 2.43. The minimum atomic E-state index is -1.07. The molecule has 8 heterocycles. The summed E-state index contributed by atoms with van der Waals surface area (Å²) in [5.41, 5.74) is 7.98. The number of carboxylic acids is 1. The molecular formula is C62H64Cl2N8O10S2. The number of thiophene rings is 2. The predicted octanol–water partition coefficient (Wildman–Crippen LogP) is 9.95. The number of esters is 1. The SMILES string of the molecule is CO[C@@H]1CCN([C@H]2CCc3nc(COC(=O)c4csc5c(-c6cc(Cl)ccc6OCCn6c(C)nc7c(c6=O)C[C@@H](N6CC[C@H](OC)C6)CC7)cc(C)nc45)n(CCOc4ccc(Cl)cc4-c4cc(C)nc5c(C(=O)O)csc45)c(=O)c3C2)C1. The van der Waals surface area contributed by atoms with E-state index in [0.29, 0.717) is 106 Å². The van der Waals surface area contributed by atoms with Crippen molar-refractivity contribution >= 4 is 78.2 Å². The van der Waals surface area contributed by atoms with E-state index in [0.717, 1.165) is 75.1 Å². The monoisotopic (exact) mass is 1210 g/mol. The van der Waals surface area contributed by atoms with Crippen molar-refractivity contribution in [1.82, 2.24) is 38.9 Å². The van der Waals surface area contributed by atoms with Gasteiger partial charge >= 0.3 is 11.9 Å². The summed E-state index contributed by atoms with van der Waals surface area (Å²) in [7, 11) is 3.50. The Balaban J connectivity index is 0.791. The van der Waals surface area contributed by atoms with Crippen molar-refractivity contribution in [2.45, 2.75) is 116 Å². The number of nitrogens with zero attached hydrogens (tertiary/aromatic N) is 8. The molecule has 12 rings (SSSR count). The normalized spacial score (nSPS) is 19.0. The average molecular weight is 1220 g/mol. The number of aromatic carboxylic acids is 1. The molecule has 4 atom stereocenters. The first-order chi connectivity index (χ1) is 40.6. The van der Waals surface area contributed by atoms with Gasteiger partial charge in [0, 0.05) is 118 Å². The third-order valence-corrected chi connectivity index (χ3v) is 19.5. The van der Waals surface area contributed by atoms with Gasteiger partial charge < -0.3 is 28.8 Å². The van der Waals surface area contributed by atoms with Gasteiger partial charge in [0.1, 0.15) is 43.0 Å². The number of methoxy groups -OCH3 is 2. The molecule has 0 unspecified atom stereocenters. The van der Waals surface area contributed by atoms with Gasteiger partial charge in [0.25, 0.3) is 11.1 Å². The molecule has 0 spiro atoms. The minimum absolute atomic E-state index is 0.0223. The number of hydrogen-bond acceptors (Lipinski definition) is 17. The van der Waals surface area contributed by atoms with Gasteiger partial charge in [-0.15, -0.1) is 22.7 Å². The quantitative estimate of drug-likeness (QED) is 0.0794. The number of carboxylic acid groups (broad SMARTS) is 1. The van der Waals surface area contributed by atoms with E-state index in [4.69, 9.17) is 61.8 Å². The van der Waals surface area contributed by atoms with E-state index >= 15 is 0 Å². The Hall–Kier alpha value is -6.62. The second-order valence-electron chi connectivity index (χ2n) is 22.2. The zero-order chi connectivity index (χ0) is 58.5. The molecule has 84 heavy (non-hydrogen) atoms. The van der Waals surface area contributed by atoms with Crippen LogP contribution >= 0.6 is 45.9 Å². The number of rotatable bonds is 18. The van der Waals surface area contributed by atoms with Crippen molar-refractivity contribution < 1.29 is 38.4 Å². The molecule has 2 aliphatic carbocycles. The number of aryl methyl sites for hydroxylation is 5. The van der Waals surface area contributed by atoms with Gasteiger partial charge in [-0.3, -0.25) is 38.5 Å². The Bertz CT molecular complexity index is 4010. The Kier molecular flexibility index (Phi) is 16.8. The lowest BCUT2D eigenvalue weighted by Crippen LogP contribution is -2.42. The van der Waals surface area contributed by atoms with Gasteiger partial charge in [-0.2, -0.15) is 0 Å². The van der Waals surface area contributed by atoms with Crippen LogP contribution in [0.3, 0.4) is 0 Å². The van der Waals surface area contributed by atoms with Crippen molar-refractivity contribution in [3.63, 3.8) is 0 Å². The fourth-order valence-electron chi connectivity index (χ4n) is 12.7. The fourth-order valence-corrected chi connectivity index (χ4v) is 15.0. The third kappa shape index (κ3) is 11.5. The molecule has 4 aliphatic rings. The van der Waals surface area contributed by atoms with E-state index < -0.39 is 11.9 Å². The van der Waals surface area contributed by atoms with Gasteiger partial charge in [0.2, 0.25) is 0 Å². The van der Waals surface area contributed by atoms with E-state index in [-0.39, 0.29) is 85.3 Å². The maximum atomic E-state index is 14.9. The summed E-state index contributed by atoms with van der Waals surface area (Å²) >= 11 is 15.9. The van der Waals surface area contributed by atoms with Crippen LogP contribution in [-0.4, -0.2) is 134 Å². The Morgan fingerprint density at radius 2 is 1.14 bits per heavy atom. The first kappa shape index (κ1) is 57.8. The number of carbonyl (C=O) groups excluding carboxylic acids is 1. The molecular weight excluding hydrogens is 1150 g/mol. The molecule has 0 saturated carbocycles. The summed E-state index contributed by atoms with van der Waals surface area (Å²) in [5.74, 6) is 0.226. The maximum absolute atomic E-state index is 14.9. The zero-order valence-electron chi connectivity index (χ0n) is 47.4. The molecule has 0 bridgehead atoms. The highest BCUT2D eigenvalue weighted by atomic mass is 35.5. The summed E-state index contributed by atoms with van der Waals surface area (Å²) in [6.07, 6.45) is 6.59. The van der Waals surface area contributed by atoms with Crippen LogP contribution in [0.4, 0.5) is 0 Å². The van der Waals surface area contributed by atoms with Crippen LogP contribution in [0.5, 0.6) is 11.5 Å². The number of ether oxygens (including phenoxy) is 5. The summed E-state index contributed by atoms with van der Waals surface area (Å²) in [5, 5.41) is 14.2. The van der Waals surface area contributed by atoms with Gasteiger partial charge in [0.15, 0.2) is 0 Å². The number of fused-ring (bicyclic) bond motifs is 4. The zero-order valence-corrected chi connectivity index (χ0v) is 50.5. The molecule has 438 valence electrons. The molecule has 18 nitrogen and oxygen atoms in total. The molecule has 6 aromatic heterocycles. The van der Waals surface area contributed by atoms with Crippen LogP contribution in [0, 0.1) is 20.8 Å². The largest absolute Gasteiger partial charge is 0.491 e. The van der Waals surface area contributed by atoms with Gasteiger partial charge in [0.05, 0.1) is 68.2 Å². The number of halogens is 2. The maximum Gasteiger partial charge on any atom is 0.341 e. The number of benzene rings is 2. The highest BCUT2D eigenvalue weighted by Gasteiger charge is 2.35. The average Bonchev–Trinajstić information content (AvgIpc) is 2.51. The second kappa shape index (κ2) is 24.4. The standard InChI is InChI=1S/C62H64Cl2N8O10S2/c1-33-22-44(57-55(65-33)48(31-83-57)61(75)76)42-24-36(63)7-13-53(42)81-21-19-72-54(68-51-11-9-39(27-47(51)60(72)74)70-17-15-41(29-70)79-5)30-82-62(77)49-32-84-58-45(23-34(2)66-56(49)58)43-25-37(64)6-12-52(43)80-20-18-71-35(3)67-50-10-8-38(26-46(50)59(71)73)69-16-14-40(28-69)78-4/h6-7,12-13,22-25,31-32,38-41H,8-11,14-21,26-30H2,1-5H3,(H,75,76)/t38-,39-,40-,41+/m0/s1. The van der Waals surface area contributed by atoms with Gasteiger partial charge in [-0.05, 0) is 121 Å². The van der Waals surface area contributed by atoms with E-state index in [1.54, 1.807) is 65.3 Å². The molecule has 0 radical (unpaired) electrons. The molecule has 1 N–H and O–H groups in total. The molecule has 2 fully saturated rings. The topological polar surface area (TPSA) is 203 Å². The second-order valence-corrected chi connectivity index (χ2v) is 24.8. The van der Waals surface area contributed by atoms with Gasteiger partial charge in [-0.1, -0.05) is 23.2 Å². The molecule has 2 aliphatic heterocycles. The van der Waals surface area contributed by atoms with Crippen LogP contribution in [0.2, 0.25) is 10.0 Å².